The molecule has 0 spiro atoms. The summed E-state index contributed by atoms with van der Waals surface area (Å²) in [6, 6.07) is 0.350. The molecule has 160 valence electrons. The second-order valence-electron chi connectivity index (χ2n) is 9.70. The second-order valence-corrected chi connectivity index (χ2v) is 10.5. The predicted octanol–water partition coefficient (Wildman–Crippen LogP) is 2.21. The van der Waals surface area contributed by atoms with E-state index in [0.29, 0.717) is 34.3 Å². The summed E-state index contributed by atoms with van der Waals surface area (Å²) in [5.74, 6) is 2.31. The molecule has 0 aromatic carbocycles. The second kappa shape index (κ2) is 8.02. The highest BCUT2D eigenvalue weighted by molar-refractivity contribution is 9.10. The summed E-state index contributed by atoms with van der Waals surface area (Å²) in [7, 11) is 0. The summed E-state index contributed by atoms with van der Waals surface area (Å²) in [5.41, 5.74) is 0.875. The largest absolute Gasteiger partial charge is 0.380 e. The monoisotopic (exact) mass is 465 g/mol. The molecular formula is C21H32BrN5O2. The first-order valence-electron chi connectivity index (χ1n) is 10.8. The zero-order chi connectivity index (χ0) is 20.8. The minimum atomic E-state index is -0.276. The zero-order valence-electron chi connectivity index (χ0n) is 17.5. The van der Waals surface area contributed by atoms with E-state index in [0.717, 1.165) is 43.5 Å². The molecule has 1 saturated heterocycles. The van der Waals surface area contributed by atoms with Crippen LogP contribution >= 0.6 is 15.9 Å². The molecular weight excluding hydrogens is 434 g/mol. The summed E-state index contributed by atoms with van der Waals surface area (Å²) < 4.78 is 1.67. The van der Waals surface area contributed by atoms with E-state index in [4.69, 9.17) is 0 Å². The van der Waals surface area contributed by atoms with Crippen molar-refractivity contribution in [1.82, 2.24) is 20.4 Å². The Kier molecular flexibility index (Phi) is 5.77. The number of anilines is 1. The molecule has 4 fully saturated rings. The number of aromatic nitrogens is 2. The summed E-state index contributed by atoms with van der Waals surface area (Å²) in [6.45, 7) is 9.59. The molecule has 7 nitrogen and oxygen atoms in total. The van der Waals surface area contributed by atoms with Crippen LogP contribution in [0.4, 0.5) is 5.69 Å². The van der Waals surface area contributed by atoms with Gasteiger partial charge in [0.1, 0.15) is 11.0 Å². The lowest BCUT2D eigenvalue weighted by Gasteiger charge is -2.62. The Labute approximate surface area is 180 Å². The fraction of sp³-hybridized carbons (Fsp3) is 0.762. The Morgan fingerprint density at radius 2 is 2.21 bits per heavy atom. The quantitative estimate of drug-likeness (QED) is 0.599. The molecule has 1 amide bonds. The third kappa shape index (κ3) is 3.98. The molecule has 0 unspecified atom stereocenters. The van der Waals surface area contributed by atoms with Gasteiger partial charge in [-0.05, 0) is 77.4 Å². The van der Waals surface area contributed by atoms with Crippen LogP contribution < -0.4 is 21.5 Å². The molecule has 2 heterocycles. The van der Waals surface area contributed by atoms with Gasteiger partial charge in [-0.3, -0.25) is 9.59 Å². The van der Waals surface area contributed by atoms with Crippen molar-refractivity contribution in [3.8, 4) is 0 Å². The minimum Gasteiger partial charge on any atom is -0.380 e. The first-order chi connectivity index (χ1) is 13.8. The van der Waals surface area contributed by atoms with Crippen molar-refractivity contribution in [2.45, 2.75) is 52.6 Å². The molecule has 4 aliphatic rings. The maximum absolute atomic E-state index is 12.7. The molecule has 1 aromatic heterocycles. The number of rotatable bonds is 6. The van der Waals surface area contributed by atoms with E-state index in [1.54, 1.807) is 6.20 Å². The van der Waals surface area contributed by atoms with Crippen LogP contribution in [0.3, 0.4) is 0 Å². The lowest BCUT2D eigenvalue weighted by molar-refractivity contribution is -0.122. The number of hydrogen-bond acceptors (Lipinski definition) is 5. The first kappa shape index (κ1) is 20.8. The minimum absolute atomic E-state index is 0.0595. The fourth-order valence-electron chi connectivity index (χ4n) is 5.56. The van der Waals surface area contributed by atoms with Crippen LogP contribution in [0.1, 0.15) is 40.0 Å². The topological polar surface area (TPSA) is 88.1 Å². The Hall–Kier alpha value is -1.41. The van der Waals surface area contributed by atoms with Crippen LogP contribution in [0, 0.1) is 29.1 Å². The molecule has 3 N–H and O–H groups in total. The molecule has 3 saturated carbocycles. The van der Waals surface area contributed by atoms with Crippen LogP contribution in [-0.2, 0) is 11.3 Å². The number of fused-ring (bicyclic) bond motifs is 2. The van der Waals surface area contributed by atoms with Gasteiger partial charge >= 0.3 is 0 Å². The third-order valence-corrected chi connectivity index (χ3v) is 8.49. The lowest BCUT2D eigenvalue weighted by atomic mass is 9.45. The van der Waals surface area contributed by atoms with Gasteiger partial charge in [0.05, 0.1) is 11.9 Å². The lowest BCUT2D eigenvalue weighted by Crippen LogP contribution is -2.58. The Morgan fingerprint density at radius 3 is 2.86 bits per heavy atom. The highest BCUT2D eigenvalue weighted by Gasteiger charge is 2.56. The number of amides is 1. The number of nitrogens with one attached hydrogen (secondary N) is 3. The van der Waals surface area contributed by atoms with Crippen molar-refractivity contribution >= 4 is 27.5 Å². The average molecular weight is 466 g/mol. The molecule has 5 atom stereocenters. The van der Waals surface area contributed by atoms with Gasteiger partial charge in [-0.2, -0.15) is 5.10 Å². The number of nitrogens with zero attached hydrogens (tertiary/aromatic N) is 2. The van der Waals surface area contributed by atoms with Crippen molar-refractivity contribution < 1.29 is 4.79 Å². The van der Waals surface area contributed by atoms with Crippen molar-refractivity contribution in [1.29, 1.82) is 0 Å². The van der Waals surface area contributed by atoms with E-state index < -0.39 is 0 Å². The van der Waals surface area contributed by atoms with Crippen LogP contribution in [0.25, 0.3) is 0 Å². The molecule has 0 radical (unpaired) electrons. The van der Waals surface area contributed by atoms with E-state index in [2.05, 4.69) is 57.8 Å². The SMILES string of the molecule is C[C@@H]1[C@H]2C[C@@H](C[C@H]1Nc1cnn(CC(=O)NC[C@H]3CCNC3)c(=O)c1Br)C2(C)C. The van der Waals surface area contributed by atoms with Crippen LogP contribution in [0.5, 0.6) is 0 Å². The van der Waals surface area contributed by atoms with Crippen LogP contribution in [0.2, 0.25) is 0 Å². The van der Waals surface area contributed by atoms with Crippen molar-refractivity contribution in [2.75, 3.05) is 25.0 Å². The Balaban J connectivity index is 1.37. The number of hydrogen-bond donors (Lipinski definition) is 3. The molecule has 5 rings (SSSR count). The molecule has 1 aliphatic heterocycles. The van der Waals surface area contributed by atoms with Crippen molar-refractivity contribution in [2.24, 2.45) is 29.1 Å². The first-order valence-corrected chi connectivity index (χ1v) is 11.6. The van der Waals surface area contributed by atoms with Crippen LogP contribution in [-0.4, -0.2) is 41.4 Å². The fourth-order valence-corrected chi connectivity index (χ4v) is 5.98. The number of halogens is 1. The van der Waals surface area contributed by atoms with Gasteiger partial charge in [0.15, 0.2) is 0 Å². The highest BCUT2D eigenvalue weighted by Crippen LogP contribution is 2.61. The third-order valence-electron chi connectivity index (χ3n) is 7.72. The maximum atomic E-state index is 12.7. The molecule has 29 heavy (non-hydrogen) atoms. The van der Waals surface area contributed by atoms with E-state index in [1.165, 1.54) is 11.1 Å². The van der Waals surface area contributed by atoms with Gasteiger partial charge in [0.2, 0.25) is 5.91 Å². The highest BCUT2D eigenvalue weighted by atomic mass is 79.9. The van der Waals surface area contributed by atoms with Gasteiger partial charge in [-0.15, -0.1) is 0 Å². The molecule has 2 bridgehead atoms. The molecule has 3 aliphatic carbocycles. The van der Waals surface area contributed by atoms with Gasteiger partial charge in [-0.1, -0.05) is 20.8 Å². The standard InChI is InChI=1S/C21H32BrN5O2/c1-12-15-6-14(21(15,2)3)7-16(12)26-17-10-25-27(20(29)19(17)22)11-18(28)24-9-13-4-5-23-8-13/h10,12-16,23,26H,4-9,11H2,1-3H3,(H,24,28)/t12-,13+,14+,15-,16-/m1/s1. The summed E-state index contributed by atoms with van der Waals surface area (Å²) >= 11 is 3.43. The summed E-state index contributed by atoms with van der Waals surface area (Å²) in [6.07, 6.45) is 5.18. The van der Waals surface area contributed by atoms with Gasteiger partial charge < -0.3 is 16.0 Å². The van der Waals surface area contributed by atoms with E-state index in [-0.39, 0.29) is 18.0 Å². The van der Waals surface area contributed by atoms with Gasteiger partial charge in [0.25, 0.3) is 5.56 Å². The average Bonchev–Trinajstić information content (AvgIpc) is 3.20. The van der Waals surface area contributed by atoms with Gasteiger partial charge in [0, 0.05) is 12.6 Å². The molecule has 1 aromatic rings. The molecule has 8 heteroatoms. The van der Waals surface area contributed by atoms with E-state index >= 15 is 0 Å². The van der Waals surface area contributed by atoms with Crippen molar-refractivity contribution in [3.05, 3.63) is 21.0 Å². The number of carbonyl (C=O) groups excluding carboxylic acids is 1. The summed E-state index contributed by atoms with van der Waals surface area (Å²) in [4.78, 5) is 24.9. The van der Waals surface area contributed by atoms with E-state index in [1.807, 2.05) is 0 Å². The van der Waals surface area contributed by atoms with Crippen LogP contribution in [0.15, 0.2) is 15.5 Å². The van der Waals surface area contributed by atoms with Gasteiger partial charge in [-0.25, -0.2) is 4.68 Å². The normalized spacial score (nSPS) is 32.5. The Bertz CT molecular complexity index is 833. The summed E-state index contributed by atoms with van der Waals surface area (Å²) in [5, 5.41) is 14.0. The van der Waals surface area contributed by atoms with Crippen molar-refractivity contribution in [3.63, 3.8) is 0 Å². The van der Waals surface area contributed by atoms with E-state index in [9.17, 15) is 9.59 Å². The number of carbonyl (C=O) groups is 1. The smallest absolute Gasteiger partial charge is 0.283 e. The predicted molar refractivity (Wildman–Crippen MR) is 117 cm³/mol. The maximum Gasteiger partial charge on any atom is 0.283 e. The zero-order valence-corrected chi connectivity index (χ0v) is 19.1. The Morgan fingerprint density at radius 1 is 1.41 bits per heavy atom.